The molecule has 0 spiro atoms. The Kier molecular flexibility index (Phi) is 15.4. The van der Waals surface area contributed by atoms with E-state index in [1.807, 2.05) is 24.3 Å². The van der Waals surface area contributed by atoms with Crippen LogP contribution in [0.1, 0.15) is 163 Å². The molecule has 11 unspecified atom stereocenters. The van der Waals surface area contributed by atoms with E-state index in [4.69, 9.17) is 21.3 Å². The second-order valence-electron chi connectivity index (χ2n) is 18.5. The number of anilines is 2. The minimum Gasteiger partial charge on any atom is -0.399 e. The Bertz CT molecular complexity index is 1290. The predicted octanol–water partition coefficient (Wildman–Crippen LogP) is 12.6. The maximum absolute atomic E-state index is 9.07. The number of hydrogen-bond acceptors (Lipinski definition) is 4. The van der Waals surface area contributed by atoms with Crippen molar-refractivity contribution >= 4 is 11.4 Å². The van der Waals surface area contributed by atoms with Crippen molar-refractivity contribution in [3.05, 3.63) is 59.7 Å². The highest BCUT2D eigenvalue weighted by molar-refractivity contribution is 5.40. The van der Waals surface area contributed by atoms with Gasteiger partial charge in [-0.15, -0.1) is 0 Å². The van der Waals surface area contributed by atoms with Crippen LogP contribution in [0.2, 0.25) is 0 Å². The van der Waals surface area contributed by atoms with Crippen molar-refractivity contribution in [2.45, 2.75) is 165 Å². The lowest BCUT2D eigenvalue weighted by Gasteiger charge is -2.63. The summed E-state index contributed by atoms with van der Waals surface area (Å²) in [5.41, 5.74) is 16.1. The largest absolute Gasteiger partial charge is 0.399 e. The maximum Gasteiger partial charge on any atom is 0.0761 e. The van der Waals surface area contributed by atoms with Gasteiger partial charge < -0.3 is 21.3 Å². The van der Waals surface area contributed by atoms with Crippen LogP contribution in [0.4, 0.5) is 11.4 Å². The van der Waals surface area contributed by atoms with Crippen molar-refractivity contribution in [1.29, 1.82) is 0 Å². The summed E-state index contributed by atoms with van der Waals surface area (Å²) in [7, 11) is 0. The Morgan fingerprint density at radius 2 is 1.33 bits per heavy atom. The molecule has 0 heterocycles. The zero-order chi connectivity index (χ0) is 37.3. The van der Waals surface area contributed by atoms with Gasteiger partial charge in [0.05, 0.1) is 18.8 Å². The lowest BCUT2D eigenvalue weighted by atomic mass is 9.42. The SMILES string of the molecule is CC(C)CCCC(C)C1CCC2C3CC(C)C4CC(OCc5ccc(N)cc5)CCC4(C)C3CCC12C.CC(O)c1ccc(N)cc1.CCCC. The second kappa shape index (κ2) is 18.8. The predicted molar refractivity (Wildman–Crippen MR) is 219 cm³/mol. The summed E-state index contributed by atoms with van der Waals surface area (Å²) in [5.74, 6) is 7.27. The molecule has 2 aromatic carbocycles. The van der Waals surface area contributed by atoms with Crippen molar-refractivity contribution < 1.29 is 9.84 Å². The third-order valence-corrected chi connectivity index (χ3v) is 14.6. The first-order chi connectivity index (χ1) is 24.2. The van der Waals surface area contributed by atoms with Gasteiger partial charge in [0.25, 0.3) is 0 Å². The monoisotopic (exact) mass is 703 g/mol. The van der Waals surface area contributed by atoms with Gasteiger partial charge in [-0.05, 0) is 152 Å². The molecule has 5 N–H and O–H groups in total. The normalized spacial score (nSPS) is 33.7. The van der Waals surface area contributed by atoms with E-state index < -0.39 is 6.10 Å². The highest BCUT2D eigenvalue weighted by atomic mass is 16.5. The molecule has 2 aromatic rings. The molecule has 4 aliphatic rings. The molecule has 11 atom stereocenters. The Balaban J connectivity index is 0.000000350. The minimum absolute atomic E-state index is 0.402. The Morgan fingerprint density at radius 3 is 1.92 bits per heavy atom. The Hall–Kier alpha value is -2.04. The van der Waals surface area contributed by atoms with E-state index in [0.717, 1.165) is 70.9 Å². The molecule has 0 bridgehead atoms. The molecule has 0 radical (unpaired) electrons. The van der Waals surface area contributed by atoms with E-state index in [0.29, 0.717) is 16.9 Å². The fourth-order valence-electron chi connectivity index (χ4n) is 11.5. The van der Waals surface area contributed by atoms with Crippen molar-refractivity contribution in [1.82, 2.24) is 0 Å². The Morgan fingerprint density at radius 1 is 0.745 bits per heavy atom. The lowest BCUT2D eigenvalue weighted by Crippen LogP contribution is -2.56. The zero-order valence-corrected chi connectivity index (χ0v) is 34.3. The number of hydrogen-bond donors (Lipinski definition) is 3. The minimum atomic E-state index is -0.402. The van der Waals surface area contributed by atoms with Crippen LogP contribution < -0.4 is 11.5 Å². The van der Waals surface area contributed by atoms with Crippen LogP contribution in [0.5, 0.6) is 0 Å². The van der Waals surface area contributed by atoms with Gasteiger partial charge in [-0.25, -0.2) is 0 Å². The first-order valence-corrected chi connectivity index (χ1v) is 21.2. The molecule has 0 aliphatic heterocycles. The first-order valence-electron chi connectivity index (χ1n) is 21.2. The molecular formula is C47H78N2O2. The van der Waals surface area contributed by atoms with Crippen molar-refractivity contribution in [2.24, 2.45) is 58.2 Å². The lowest BCUT2D eigenvalue weighted by molar-refractivity contribution is -0.157. The number of aliphatic hydroxyl groups is 1. The Labute approximate surface area is 314 Å². The van der Waals surface area contributed by atoms with Gasteiger partial charge in [0.1, 0.15) is 0 Å². The van der Waals surface area contributed by atoms with Crippen LogP contribution in [0, 0.1) is 58.2 Å². The fourth-order valence-corrected chi connectivity index (χ4v) is 11.5. The molecule has 0 aromatic heterocycles. The average Bonchev–Trinajstić information content (AvgIpc) is 3.46. The van der Waals surface area contributed by atoms with E-state index in [2.05, 4.69) is 67.5 Å². The van der Waals surface area contributed by atoms with Crippen LogP contribution in [0.15, 0.2) is 48.5 Å². The van der Waals surface area contributed by atoms with Gasteiger partial charge in [-0.1, -0.05) is 112 Å². The molecule has 4 heteroatoms. The van der Waals surface area contributed by atoms with Crippen molar-refractivity contribution in [3.63, 3.8) is 0 Å². The number of unbranched alkanes of at least 4 members (excludes halogenated alkanes) is 1. The van der Waals surface area contributed by atoms with Crippen molar-refractivity contribution in [3.8, 4) is 0 Å². The zero-order valence-electron chi connectivity index (χ0n) is 34.3. The van der Waals surface area contributed by atoms with Crippen molar-refractivity contribution in [2.75, 3.05) is 11.5 Å². The van der Waals surface area contributed by atoms with Crippen LogP contribution in [0.3, 0.4) is 0 Å². The molecule has 0 amide bonds. The smallest absolute Gasteiger partial charge is 0.0761 e. The standard InChI is InChI=1S/C35H57NO.C8H11NO.C4H10/c1-23(2)8-7-9-24(3)30-14-15-31-29-20-25(4)33-21-28(37-22-26-10-12-27(36)13-11-26)16-18-35(33,6)32(29)17-19-34(30,31)5;1-6(10)7-2-4-8(9)5-3-7;1-3-4-2/h10-13,23-25,28-33H,7-9,14-22,36H2,1-6H3;2-6,10H,9H2,1H3;3-4H2,1-2H3. The summed E-state index contributed by atoms with van der Waals surface area (Å²) in [5, 5.41) is 9.07. The van der Waals surface area contributed by atoms with Crippen LogP contribution in [-0.2, 0) is 11.3 Å². The molecule has 4 nitrogen and oxygen atoms in total. The molecule has 51 heavy (non-hydrogen) atoms. The fraction of sp³-hybridized carbons (Fsp3) is 0.745. The number of fused-ring (bicyclic) bond motifs is 5. The van der Waals surface area contributed by atoms with Crippen LogP contribution in [-0.4, -0.2) is 11.2 Å². The number of nitrogens with two attached hydrogens (primary N) is 2. The summed E-state index contributed by atoms with van der Waals surface area (Å²) < 4.78 is 6.52. The third kappa shape index (κ3) is 10.3. The summed E-state index contributed by atoms with van der Waals surface area (Å²) >= 11 is 0. The number of benzene rings is 2. The summed E-state index contributed by atoms with van der Waals surface area (Å²) in [6.45, 7) is 22.3. The van der Waals surface area contributed by atoms with Gasteiger partial charge in [-0.3, -0.25) is 0 Å². The topological polar surface area (TPSA) is 81.5 Å². The average molecular weight is 703 g/mol. The third-order valence-electron chi connectivity index (χ3n) is 14.6. The van der Waals surface area contributed by atoms with Crippen LogP contribution >= 0.6 is 0 Å². The van der Waals surface area contributed by atoms with E-state index in [1.165, 1.54) is 89.0 Å². The first kappa shape index (κ1) is 41.7. The molecular weight excluding hydrogens is 625 g/mol. The number of rotatable bonds is 10. The number of nitrogen functional groups attached to an aromatic ring is 2. The summed E-state index contributed by atoms with van der Waals surface area (Å²) in [6.07, 6.45) is 18.3. The molecule has 4 saturated carbocycles. The van der Waals surface area contributed by atoms with Gasteiger partial charge >= 0.3 is 0 Å². The second-order valence-corrected chi connectivity index (χ2v) is 18.5. The van der Waals surface area contributed by atoms with E-state index in [9.17, 15) is 0 Å². The van der Waals surface area contributed by atoms with Gasteiger partial charge in [0, 0.05) is 11.4 Å². The van der Waals surface area contributed by atoms with E-state index in [1.54, 1.807) is 19.1 Å². The molecule has 6 rings (SSSR count). The maximum atomic E-state index is 9.07. The quantitative estimate of drug-likeness (QED) is 0.215. The van der Waals surface area contributed by atoms with E-state index in [-0.39, 0.29) is 0 Å². The number of ether oxygens (including phenoxy) is 1. The molecule has 288 valence electrons. The van der Waals surface area contributed by atoms with Crippen LogP contribution in [0.25, 0.3) is 0 Å². The highest BCUT2D eigenvalue weighted by Gasteiger charge is 2.61. The van der Waals surface area contributed by atoms with Gasteiger partial charge in [-0.2, -0.15) is 0 Å². The highest BCUT2D eigenvalue weighted by Crippen LogP contribution is 2.69. The molecule has 0 saturated heterocycles. The molecule has 4 fully saturated rings. The van der Waals surface area contributed by atoms with Gasteiger partial charge in [0.15, 0.2) is 0 Å². The number of aliphatic hydroxyl groups excluding tert-OH is 1. The van der Waals surface area contributed by atoms with Gasteiger partial charge in [0.2, 0.25) is 0 Å². The summed E-state index contributed by atoms with van der Waals surface area (Å²) in [6, 6.07) is 15.4. The summed E-state index contributed by atoms with van der Waals surface area (Å²) in [4.78, 5) is 0. The van der Waals surface area contributed by atoms with E-state index >= 15 is 0 Å². The molecule has 4 aliphatic carbocycles.